The molecule has 0 aliphatic carbocycles. The Morgan fingerprint density at radius 1 is 0.667 bits per heavy atom. The maximum absolute atomic E-state index is 12.6. The number of carbonyl (C=O) groups is 2. The van der Waals surface area contributed by atoms with Gasteiger partial charge in [-0.3, -0.25) is 9.59 Å². The van der Waals surface area contributed by atoms with Gasteiger partial charge >= 0.3 is 0 Å². The monoisotopic (exact) mass is 464 g/mol. The lowest BCUT2D eigenvalue weighted by atomic mass is 10.1. The first-order chi connectivity index (χ1) is 15.8. The first kappa shape index (κ1) is 24.6. The SMILES string of the molecule is CN(C)Cc1cccc(CNC(=O)c2ccc(C(=O)NCc3cccc(CN(C)C)c3)s2)c1. The minimum atomic E-state index is -0.173. The molecule has 2 aromatic carbocycles. The number of nitrogens with zero attached hydrogens (tertiary/aromatic N) is 2. The minimum Gasteiger partial charge on any atom is -0.347 e. The fraction of sp³-hybridized carbons (Fsp3) is 0.308. The van der Waals surface area contributed by atoms with E-state index in [1.165, 1.54) is 22.5 Å². The summed E-state index contributed by atoms with van der Waals surface area (Å²) < 4.78 is 0. The molecule has 174 valence electrons. The fourth-order valence-electron chi connectivity index (χ4n) is 3.53. The number of benzene rings is 2. The van der Waals surface area contributed by atoms with Crippen molar-refractivity contribution >= 4 is 23.2 Å². The van der Waals surface area contributed by atoms with Gasteiger partial charge in [0.05, 0.1) is 9.75 Å². The molecule has 0 aliphatic heterocycles. The lowest BCUT2D eigenvalue weighted by Crippen LogP contribution is -2.22. The second kappa shape index (κ2) is 11.7. The summed E-state index contributed by atoms with van der Waals surface area (Å²) in [7, 11) is 8.12. The molecule has 3 rings (SSSR count). The van der Waals surface area contributed by atoms with Crippen LogP contribution >= 0.6 is 11.3 Å². The van der Waals surface area contributed by atoms with Crippen LogP contribution in [0, 0.1) is 0 Å². The van der Waals surface area contributed by atoms with Crippen molar-refractivity contribution in [1.82, 2.24) is 20.4 Å². The van der Waals surface area contributed by atoms with E-state index in [4.69, 9.17) is 0 Å². The van der Waals surface area contributed by atoms with Gasteiger partial charge < -0.3 is 20.4 Å². The van der Waals surface area contributed by atoms with Crippen molar-refractivity contribution in [1.29, 1.82) is 0 Å². The number of thiophene rings is 1. The molecule has 2 N–H and O–H groups in total. The van der Waals surface area contributed by atoms with Crippen LogP contribution in [0.15, 0.2) is 60.7 Å². The van der Waals surface area contributed by atoms with Crippen LogP contribution in [0.5, 0.6) is 0 Å². The highest BCUT2D eigenvalue weighted by atomic mass is 32.1. The van der Waals surface area contributed by atoms with Crippen LogP contribution < -0.4 is 10.6 Å². The molecule has 0 bridgehead atoms. The number of hydrogen-bond donors (Lipinski definition) is 2. The summed E-state index contributed by atoms with van der Waals surface area (Å²) in [5, 5.41) is 5.90. The van der Waals surface area contributed by atoms with Gasteiger partial charge in [-0.1, -0.05) is 48.5 Å². The van der Waals surface area contributed by atoms with Crippen LogP contribution in [0.3, 0.4) is 0 Å². The van der Waals surface area contributed by atoms with E-state index in [9.17, 15) is 9.59 Å². The third-order valence-electron chi connectivity index (χ3n) is 4.94. The van der Waals surface area contributed by atoms with E-state index < -0.39 is 0 Å². The highest BCUT2D eigenvalue weighted by Gasteiger charge is 2.14. The number of hydrogen-bond acceptors (Lipinski definition) is 5. The Hall–Kier alpha value is -3.00. The lowest BCUT2D eigenvalue weighted by Gasteiger charge is -2.11. The molecule has 0 spiro atoms. The van der Waals surface area contributed by atoms with Crippen LogP contribution in [0.1, 0.15) is 41.6 Å². The van der Waals surface area contributed by atoms with Crippen molar-refractivity contribution in [2.24, 2.45) is 0 Å². The van der Waals surface area contributed by atoms with Crippen LogP contribution in [-0.2, 0) is 26.2 Å². The van der Waals surface area contributed by atoms with Gasteiger partial charge in [0.1, 0.15) is 0 Å². The van der Waals surface area contributed by atoms with E-state index in [2.05, 4.69) is 44.7 Å². The van der Waals surface area contributed by atoms with E-state index in [0.717, 1.165) is 24.2 Å². The van der Waals surface area contributed by atoms with Gasteiger partial charge in [-0.15, -0.1) is 11.3 Å². The molecular formula is C26H32N4O2S. The first-order valence-corrected chi connectivity index (χ1v) is 11.7. The van der Waals surface area contributed by atoms with Crippen molar-refractivity contribution < 1.29 is 9.59 Å². The Labute approximate surface area is 200 Å². The molecule has 33 heavy (non-hydrogen) atoms. The lowest BCUT2D eigenvalue weighted by molar-refractivity contribution is 0.0948. The molecule has 0 fully saturated rings. The number of rotatable bonds is 10. The normalized spacial score (nSPS) is 11.1. The fourth-order valence-corrected chi connectivity index (χ4v) is 4.37. The quantitative estimate of drug-likeness (QED) is 0.480. The molecule has 0 saturated carbocycles. The Bertz CT molecular complexity index is 1010. The van der Waals surface area contributed by atoms with Crippen molar-refractivity contribution in [3.05, 3.63) is 92.7 Å². The highest BCUT2D eigenvalue weighted by Crippen LogP contribution is 2.17. The zero-order valence-corrected chi connectivity index (χ0v) is 20.5. The van der Waals surface area contributed by atoms with Gasteiger partial charge in [-0.05, 0) is 62.6 Å². The van der Waals surface area contributed by atoms with Crippen LogP contribution in [0.4, 0.5) is 0 Å². The molecule has 2 amide bonds. The second-order valence-electron chi connectivity index (χ2n) is 8.64. The Balaban J connectivity index is 1.52. The maximum Gasteiger partial charge on any atom is 0.261 e. The molecule has 6 nitrogen and oxygen atoms in total. The summed E-state index contributed by atoms with van der Waals surface area (Å²) in [6.07, 6.45) is 0. The summed E-state index contributed by atoms with van der Waals surface area (Å²) in [5.74, 6) is -0.345. The van der Waals surface area contributed by atoms with Gasteiger partial charge in [0.25, 0.3) is 11.8 Å². The standard InChI is InChI=1S/C26H32N4O2S/c1-29(2)17-21-9-5-7-19(13-21)15-27-25(31)23-11-12-24(33-23)26(32)28-16-20-8-6-10-22(14-20)18-30(3)4/h5-14H,15-18H2,1-4H3,(H,27,31)(H,28,32). The summed E-state index contributed by atoms with van der Waals surface area (Å²) in [6.45, 7) is 2.60. The van der Waals surface area contributed by atoms with E-state index in [-0.39, 0.29) is 11.8 Å². The summed E-state index contributed by atoms with van der Waals surface area (Å²) in [5.41, 5.74) is 4.51. The average Bonchev–Trinajstić information content (AvgIpc) is 3.26. The van der Waals surface area contributed by atoms with Gasteiger partial charge in [-0.2, -0.15) is 0 Å². The molecule has 1 aromatic heterocycles. The Morgan fingerprint density at radius 2 is 1.06 bits per heavy atom. The molecule has 0 unspecified atom stereocenters. The Morgan fingerprint density at radius 3 is 1.45 bits per heavy atom. The summed E-state index contributed by atoms with van der Waals surface area (Å²) in [4.78, 5) is 30.4. The number of amides is 2. The zero-order valence-electron chi connectivity index (χ0n) is 19.7. The maximum atomic E-state index is 12.6. The first-order valence-electron chi connectivity index (χ1n) is 10.9. The zero-order chi connectivity index (χ0) is 23.8. The topological polar surface area (TPSA) is 64.7 Å². The second-order valence-corrected chi connectivity index (χ2v) is 9.73. The van der Waals surface area contributed by atoms with Crippen molar-refractivity contribution in [3.63, 3.8) is 0 Å². The smallest absolute Gasteiger partial charge is 0.261 e. The molecule has 0 atom stereocenters. The van der Waals surface area contributed by atoms with Crippen LogP contribution in [0.25, 0.3) is 0 Å². The largest absolute Gasteiger partial charge is 0.347 e. The summed E-state index contributed by atoms with van der Waals surface area (Å²) in [6, 6.07) is 19.8. The van der Waals surface area contributed by atoms with Gasteiger partial charge in [0.2, 0.25) is 0 Å². The van der Waals surface area contributed by atoms with Gasteiger partial charge in [0.15, 0.2) is 0 Å². The Kier molecular flexibility index (Phi) is 8.77. The van der Waals surface area contributed by atoms with Crippen LogP contribution in [0.2, 0.25) is 0 Å². The van der Waals surface area contributed by atoms with Gasteiger partial charge in [-0.25, -0.2) is 0 Å². The predicted octanol–water partition coefficient (Wildman–Crippen LogP) is 3.73. The predicted molar refractivity (Wildman–Crippen MR) is 134 cm³/mol. The van der Waals surface area contributed by atoms with Crippen LogP contribution in [-0.4, -0.2) is 49.8 Å². The van der Waals surface area contributed by atoms with E-state index in [0.29, 0.717) is 22.8 Å². The van der Waals surface area contributed by atoms with E-state index >= 15 is 0 Å². The molecule has 0 aliphatic rings. The summed E-state index contributed by atoms with van der Waals surface area (Å²) >= 11 is 1.21. The molecule has 7 heteroatoms. The molecular weight excluding hydrogens is 432 g/mol. The van der Waals surface area contributed by atoms with E-state index in [1.807, 2.05) is 52.5 Å². The van der Waals surface area contributed by atoms with Crippen molar-refractivity contribution in [2.45, 2.75) is 26.2 Å². The third kappa shape index (κ3) is 7.82. The molecule has 3 aromatic rings. The van der Waals surface area contributed by atoms with Crippen molar-refractivity contribution in [2.75, 3.05) is 28.2 Å². The van der Waals surface area contributed by atoms with Gasteiger partial charge in [0, 0.05) is 26.2 Å². The number of nitrogens with one attached hydrogen (secondary N) is 2. The molecule has 1 heterocycles. The average molecular weight is 465 g/mol. The van der Waals surface area contributed by atoms with E-state index in [1.54, 1.807) is 12.1 Å². The number of carbonyl (C=O) groups excluding carboxylic acids is 2. The molecule has 0 radical (unpaired) electrons. The van der Waals surface area contributed by atoms with Crippen molar-refractivity contribution in [3.8, 4) is 0 Å². The third-order valence-corrected chi connectivity index (χ3v) is 6.02. The minimum absolute atomic E-state index is 0.173. The molecule has 0 saturated heterocycles. The highest BCUT2D eigenvalue weighted by molar-refractivity contribution is 7.15.